The zero-order valence-electron chi connectivity index (χ0n) is 10.7. The van der Waals surface area contributed by atoms with E-state index >= 15 is 0 Å². The Labute approximate surface area is 120 Å². The van der Waals surface area contributed by atoms with Gasteiger partial charge in [-0.15, -0.1) is 0 Å². The van der Waals surface area contributed by atoms with Gasteiger partial charge in [0, 0.05) is 36.0 Å². The molecule has 1 aromatic carbocycles. The van der Waals surface area contributed by atoms with Crippen molar-refractivity contribution in [2.45, 2.75) is 0 Å². The van der Waals surface area contributed by atoms with Crippen LogP contribution >= 0.6 is 15.9 Å². The summed E-state index contributed by atoms with van der Waals surface area (Å²) in [5.74, 6) is 0.366. The van der Waals surface area contributed by atoms with E-state index in [4.69, 9.17) is 0 Å². The highest BCUT2D eigenvalue weighted by Gasteiger charge is 2.07. The third-order valence-corrected chi connectivity index (χ3v) is 3.08. The first-order valence-corrected chi connectivity index (χ1v) is 6.56. The average Bonchev–Trinajstić information content (AvgIpc) is 2.41. The largest absolute Gasteiger partial charge is 0.378 e. The fourth-order valence-electron chi connectivity index (χ4n) is 1.55. The third kappa shape index (κ3) is 3.54. The van der Waals surface area contributed by atoms with E-state index in [0.29, 0.717) is 11.4 Å². The molecule has 19 heavy (non-hydrogen) atoms. The number of carbonyl (C=O) groups is 1. The molecule has 0 fully saturated rings. The fourth-order valence-corrected chi connectivity index (χ4v) is 1.78. The molecular formula is C14H14BrN3O. The Bertz CT molecular complexity index is 564. The molecule has 1 aromatic heterocycles. The summed E-state index contributed by atoms with van der Waals surface area (Å²) in [5, 5.41) is 2.75. The number of anilines is 2. The average molecular weight is 320 g/mol. The standard InChI is InChI=1S/C14H14BrN3O/c1-18(2)12-6-3-10(4-7-12)14(19)17-13-8-5-11(15)9-16-13/h3-9H,1-2H3,(H,16,17,19). The first kappa shape index (κ1) is 13.5. The van der Waals surface area contributed by atoms with Gasteiger partial charge in [-0.05, 0) is 52.3 Å². The molecule has 0 atom stereocenters. The van der Waals surface area contributed by atoms with Gasteiger partial charge in [-0.2, -0.15) is 0 Å². The summed E-state index contributed by atoms with van der Waals surface area (Å²) in [5.41, 5.74) is 1.66. The molecule has 1 heterocycles. The van der Waals surface area contributed by atoms with Gasteiger partial charge in [0.2, 0.25) is 0 Å². The number of nitrogens with zero attached hydrogens (tertiary/aromatic N) is 2. The lowest BCUT2D eigenvalue weighted by molar-refractivity contribution is 0.102. The molecule has 4 nitrogen and oxygen atoms in total. The molecule has 2 rings (SSSR count). The summed E-state index contributed by atoms with van der Waals surface area (Å²) in [6.07, 6.45) is 1.64. The lowest BCUT2D eigenvalue weighted by Gasteiger charge is -2.12. The molecule has 0 saturated heterocycles. The van der Waals surface area contributed by atoms with E-state index in [1.807, 2.05) is 37.2 Å². The SMILES string of the molecule is CN(C)c1ccc(C(=O)Nc2ccc(Br)cn2)cc1. The van der Waals surface area contributed by atoms with Gasteiger partial charge in [-0.1, -0.05) is 0 Å². The number of amides is 1. The number of pyridine rings is 1. The highest BCUT2D eigenvalue weighted by molar-refractivity contribution is 9.10. The van der Waals surface area contributed by atoms with E-state index in [1.165, 1.54) is 0 Å². The molecule has 5 heteroatoms. The predicted molar refractivity (Wildman–Crippen MR) is 80.7 cm³/mol. The minimum absolute atomic E-state index is 0.167. The van der Waals surface area contributed by atoms with E-state index in [1.54, 1.807) is 24.4 Å². The van der Waals surface area contributed by atoms with Crippen molar-refractivity contribution in [1.29, 1.82) is 0 Å². The molecule has 1 amide bonds. The molecular weight excluding hydrogens is 306 g/mol. The molecule has 2 aromatic rings. The van der Waals surface area contributed by atoms with E-state index in [0.717, 1.165) is 10.2 Å². The van der Waals surface area contributed by atoms with Crippen molar-refractivity contribution in [3.8, 4) is 0 Å². The fraction of sp³-hybridized carbons (Fsp3) is 0.143. The predicted octanol–water partition coefficient (Wildman–Crippen LogP) is 3.16. The quantitative estimate of drug-likeness (QED) is 0.945. The lowest BCUT2D eigenvalue weighted by Crippen LogP contribution is -2.13. The van der Waals surface area contributed by atoms with E-state index in [2.05, 4.69) is 26.2 Å². The van der Waals surface area contributed by atoms with Crippen molar-refractivity contribution in [3.05, 3.63) is 52.6 Å². The Hall–Kier alpha value is -1.88. The maximum atomic E-state index is 12.0. The zero-order valence-corrected chi connectivity index (χ0v) is 12.3. The van der Waals surface area contributed by atoms with Crippen molar-refractivity contribution >= 4 is 33.3 Å². The highest BCUT2D eigenvalue weighted by atomic mass is 79.9. The number of nitrogens with one attached hydrogen (secondary N) is 1. The van der Waals surface area contributed by atoms with Gasteiger partial charge in [0.05, 0.1) is 0 Å². The number of hydrogen-bond donors (Lipinski definition) is 1. The monoisotopic (exact) mass is 319 g/mol. The summed E-state index contributed by atoms with van der Waals surface area (Å²) < 4.78 is 0.876. The molecule has 1 N–H and O–H groups in total. The zero-order chi connectivity index (χ0) is 13.8. The van der Waals surface area contributed by atoms with Crippen LogP contribution in [-0.2, 0) is 0 Å². The van der Waals surface area contributed by atoms with Crippen LogP contribution in [0, 0.1) is 0 Å². The summed E-state index contributed by atoms with van der Waals surface area (Å²) in [6.45, 7) is 0. The van der Waals surface area contributed by atoms with Crippen molar-refractivity contribution in [1.82, 2.24) is 4.98 Å². The van der Waals surface area contributed by atoms with E-state index in [-0.39, 0.29) is 5.91 Å². The number of benzene rings is 1. The molecule has 0 spiro atoms. The van der Waals surface area contributed by atoms with Crippen molar-refractivity contribution in [2.75, 3.05) is 24.3 Å². The topological polar surface area (TPSA) is 45.2 Å². The Morgan fingerprint density at radius 2 is 1.84 bits per heavy atom. The van der Waals surface area contributed by atoms with Crippen LogP contribution in [0.1, 0.15) is 10.4 Å². The van der Waals surface area contributed by atoms with Crippen LogP contribution in [0.4, 0.5) is 11.5 Å². The summed E-state index contributed by atoms with van der Waals surface area (Å²) >= 11 is 3.30. The maximum absolute atomic E-state index is 12.0. The second kappa shape index (κ2) is 5.84. The normalized spacial score (nSPS) is 10.1. The molecule has 0 aliphatic heterocycles. The molecule has 98 valence electrons. The number of hydrogen-bond acceptors (Lipinski definition) is 3. The number of aromatic nitrogens is 1. The van der Waals surface area contributed by atoms with Gasteiger partial charge in [0.15, 0.2) is 0 Å². The van der Waals surface area contributed by atoms with Crippen LogP contribution in [-0.4, -0.2) is 25.0 Å². The Balaban J connectivity index is 2.09. The van der Waals surface area contributed by atoms with Gasteiger partial charge in [0.25, 0.3) is 5.91 Å². The smallest absolute Gasteiger partial charge is 0.256 e. The summed E-state index contributed by atoms with van der Waals surface area (Å²) in [7, 11) is 3.92. The number of rotatable bonds is 3. The second-order valence-corrected chi connectivity index (χ2v) is 5.17. The van der Waals surface area contributed by atoms with Crippen LogP contribution in [0.15, 0.2) is 47.1 Å². The first-order valence-electron chi connectivity index (χ1n) is 5.76. The Morgan fingerprint density at radius 1 is 1.16 bits per heavy atom. The third-order valence-electron chi connectivity index (χ3n) is 2.61. The molecule has 0 bridgehead atoms. The van der Waals surface area contributed by atoms with Crippen LogP contribution in [0.2, 0.25) is 0 Å². The van der Waals surface area contributed by atoms with Gasteiger partial charge in [-0.25, -0.2) is 4.98 Å². The first-order chi connectivity index (χ1) is 9.06. The molecule has 0 radical (unpaired) electrons. The highest BCUT2D eigenvalue weighted by Crippen LogP contribution is 2.14. The lowest BCUT2D eigenvalue weighted by atomic mass is 10.2. The molecule has 0 unspecified atom stereocenters. The van der Waals surface area contributed by atoms with Crippen molar-refractivity contribution < 1.29 is 4.79 Å². The Morgan fingerprint density at radius 3 is 2.37 bits per heavy atom. The van der Waals surface area contributed by atoms with Crippen molar-refractivity contribution in [2.24, 2.45) is 0 Å². The van der Waals surface area contributed by atoms with Gasteiger partial charge in [-0.3, -0.25) is 4.79 Å². The van der Waals surface area contributed by atoms with E-state index < -0.39 is 0 Å². The van der Waals surface area contributed by atoms with Crippen LogP contribution in [0.25, 0.3) is 0 Å². The number of carbonyl (C=O) groups excluding carboxylic acids is 1. The minimum Gasteiger partial charge on any atom is -0.378 e. The van der Waals surface area contributed by atoms with Gasteiger partial charge >= 0.3 is 0 Å². The molecule has 0 saturated carbocycles. The minimum atomic E-state index is -0.167. The van der Waals surface area contributed by atoms with Crippen molar-refractivity contribution in [3.63, 3.8) is 0 Å². The van der Waals surface area contributed by atoms with Crippen LogP contribution in [0.5, 0.6) is 0 Å². The molecule has 0 aliphatic carbocycles. The van der Waals surface area contributed by atoms with E-state index in [9.17, 15) is 4.79 Å². The van der Waals surface area contributed by atoms with Gasteiger partial charge in [0.1, 0.15) is 5.82 Å². The molecule has 0 aliphatic rings. The summed E-state index contributed by atoms with van der Waals surface area (Å²) in [4.78, 5) is 18.1. The summed E-state index contributed by atoms with van der Waals surface area (Å²) in [6, 6.07) is 11.0. The maximum Gasteiger partial charge on any atom is 0.256 e. The Kier molecular flexibility index (Phi) is 4.16. The second-order valence-electron chi connectivity index (χ2n) is 4.26. The van der Waals surface area contributed by atoms with Crippen LogP contribution in [0.3, 0.4) is 0 Å². The van der Waals surface area contributed by atoms with Gasteiger partial charge < -0.3 is 10.2 Å². The number of halogens is 1. The van der Waals surface area contributed by atoms with Crippen LogP contribution < -0.4 is 10.2 Å².